The highest BCUT2D eigenvalue weighted by Gasteiger charge is 2.22. The Labute approximate surface area is 151 Å². The maximum absolute atomic E-state index is 12.7. The molecule has 2 aromatic heterocycles. The fourth-order valence-corrected chi connectivity index (χ4v) is 3.48. The summed E-state index contributed by atoms with van der Waals surface area (Å²) in [4.78, 5) is 24.4. The Morgan fingerprint density at radius 1 is 1.16 bits per heavy atom. The molecule has 0 bridgehead atoms. The van der Waals surface area contributed by atoms with Crippen molar-refractivity contribution in [1.29, 1.82) is 0 Å². The number of hydrogen-bond acceptors (Lipinski definition) is 3. The summed E-state index contributed by atoms with van der Waals surface area (Å²) in [7, 11) is 0. The van der Waals surface area contributed by atoms with Crippen LogP contribution < -0.4 is 4.90 Å². The summed E-state index contributed by atoms with van der Waals surface area (Å²) in [5.74, 6) is 1.14. The van der Waals surface area contributed by atoms with Crippen molar-refractivity contribution in [2.24, 2.45) is 0 Å². The average Bonchev–Trinajstić information content (AvgIpc) is 3.04. The third-order valence-electron chi connectivity index (χ3n) is 4.68. The molecule has 0 saturated carbocycles. The molecule has 0 radical (unpaired) electrons. The number of piperazine rings is 1. The van der Waals surface area contributed by atoms with Gasteiger partial charge in [0.1, 0.15) is 5.82 Å². The number of nitrogens with zero attached hydrogens (tertiary/aromatic N) is 3. The summed E-state index contributed by atoms with van der Waals surface area (Å²) in [6.45, 7) is 3.08. The van der Waals surface area contributed by atoms with Crippen LogP contribution in [0.5, 0.6) is 0 Å². The van der Waals surface area contributed by atoms with E-state index in [9.17, 15) is 4.79 Å². The van der Waals surface area contributed by atoms with Gasteiger partial charge in [-0.2, -0.15) is 0 Å². The normalized spacial score (nSPS) is 14.9. The number of halogens is 1. The molecule has 1 aliphatic heterocycles. The van der Waals surface area contributed by atoms with Crippen LogP contribution in [0.15, 0.2) is 48.8 Å². The van der Waals surface area contributed by atoms with Gasteiger partial charge in [0, 0.05) is 54.5 Å². The Morgan fingerprint density at radius 3 is 2.76 bits per heavy atom. The highest BCUT2D eigenvalue weighted by Crippen LogP contribution is 2.23. The topological polar surface area (TPSA) is 52.2 Å². The minimum atomic E-state index is 0.163. The molecule has 1 N–H and O–H groups in total. The van der Waals surface area contributed by atoms with E-state index >= 15 is 0 Å². The van der Waals surface area contributed by atoms with Gasteiger partial charge in [-0.05, 0) is 29.8 Å². The number of rotatable bonds is 3. The fraction of sp³-hybridized carbons (Fsp3) is 0.263. The molecule has 6 heteroatoms. The number of amides is 1. The number of H-pyrrole nitrogens is 1. The lowest BCUT2D eigenvalue weighted by molar-refractivity contribution is -0.130. The summed E-state index contributed by atoms with van der Waals surface area (Å²) in [5.41, 5.74) is 1.99. The van der Waals surface area contributed by atoms with Gasteiger partial charge in [-0.3, -0.25) is 4.79 Å². The number of fused-ring (bicyclic) bond motifs is 1. The van der Waals surface area contributed by atoms with E-state index in [2.05, 4.69) is 14.9 Å². The van der Waals surface area contributed by atoms with Crippen LogP contribution >= 0.6 is 11.6 Å². The molecule has 5 nitrogen and oxygen atoms in total. The summed E-state index contributed by atoms with van der Waals surface area (Å²) < 4.78 is 0. The second kappa shape index (κ2) is 6.76. The predicted molar refractivity (Wildman–Crippen MR) is 100 cm³/mol. The van der Waals surface area contributed by atoms with Gasteiger partial charge in [-0.1, -0.05) is 23.7 Å². The van der Waals surface area contributed by atoms with Crippen molar-refractivity contribution >= 4 is 34.2 Å². The van der Waals surface area contributed by atoms with Crippen LogP contribution in [-0.2, 0) is 11.2 Å². The van der Waals surface area contributed by atoms with E-state index in [1.54, 1.807) is 6.20 Å². The molecule has 1 amide bonds. The first-order valence-electron chi connectivity index (χ1n) is 8.40. The number of carbonyl (C=O) groups excluding carboxylic acids is 1. The lowest BCUT2D eigenvalue weighted by Crippen LogP contribution is -2.49. The van der Waals surface area contributed by atoms with E-state index in [0.29, 0.717) is 11.4 Å². The molecule has 0 unspecified atom stereocenters. The molecule has 128 valence electrons. The van der Waals surface area contributed by atoms with E-state index in [1.807, 2.05) is 47.5 Å². The zero-order valence-corrected chi connectivity index (χ0v) is 14.5. The zero-order valence-electron chi connectivity index (χ0n) is 13.8. The number of hydrogen-bond donors (Lipinski definition) is 1. The zero-order chi connectivity index (χ0) is 17.2. The van der Waals surface area contributed by atoms with Crippen molar-refractivity contribution in [3.05, 3.63) is 59.4 Å². The minimum absolute atomic E-state index is 0.163. The number of benzene rings is 1. The average molecular weight is 355 g/mol. The lowest BCUT2D eigenvalue weighted by atomic mass is 10.1. The molecule has 3 aromatic rings. The van der Waals surface area contributed by atoms with Gasteiger partial charge in [-0.15, -0.1) is 0 Å². The van der Waals surface area contributed by atoms with Crippen molar-refractivity contribution in [2.45, 2.75) is 6.42 Å². The van der Waals surface area contributed by atoms with Crippen LogP contribution in [-0.4, -0.2) is 47.0 Å². The molecule has 0 aliphatic carbocycles. The second-order valence-corrected chi connectivity index (χ2v) is 6.67. The van der Waals surface area contributed by atoms with E-state index in [-0.39, 0.29) is 5.91 Å². The molecule has 3 heterocycles. The van der Waals surface area contributed by atoms with Crippen LogP contribution in [0.3, 0.4) is 0 Å². The van der Waals surface area contributed by atoms with Gasteiger partial charge in [0.2, 0.25) is 5.91 Å². The number of aromatic nitrogens is 2. The van der Waals surface area contributed by atoms with Gasteiger partial charge < -0.3 is 14.8 Å². The smallest absolute Gasteiger partial charge is 0.227 e. The van der Waals surface area contributed by atoms with E-state index in [0.717, 1.165) is 48.5 Å². The van der Waals surface area contributed by atoms with Crippen molar-refractivity contribution < 1.29 is 4.79 Å². The third-order valence-corrected chi connectivity index (χ3v) is 4.91. The molecule has 1 saturated heterocycles. The SMILES string of the molecule is O=C(Cc1c[nH]c2cc(Cl)ccc12)N1CCN(c2ccccn2)CC1. The standard InChI is InChI=1S/C19H19ClN4O/c20-15-4-5-16-14(13-22-17(16)12-15)11-19(25)24-9-7-23(8-10-24)18-3-1-2-6-21-18/h1-6,12-13,22H,7-11H2. The molecule has 1 aromatic carbocycles. The first-order valence-corrected chi connectivity index (χ1v) is 8.78. The summed E-state index contributed by atoms with van der Waals surface area (Å²) >= 11 is 6.01. The Kier molecular flexibility index (Phi) is 4.32. The van der Waals surface area contributed by atoms with Gasteiger partial charge in [0.15, 0.2) is 0 Å². The molecule has 0 spiro atoms. The van der Waals surface area contributed by atoms with Crippen molar-refractivity contribution in [3.8, 4) is 0 Å². The van der Waals surface area contributed by atoms with Crippen molar-refractivity contribution in [1.82, 2.24) is 14.9 Å². The number of aromatic amines is 1. The van der Waals surface area contributed by atoms with Crippen LogP contribution in [0.1, 0.15) is 5.56 Å². The molecule has 1 fully saturated rings. The molecular weight excluding hydrogens is 336 g/mol. The van der Waals surface area contributed by atoms with Gasteiger partial charge in [0.25, 0.3) is 0 Å². The van der Waals surface area contributed by atoms with E-state index in [4.69, 9.17) is 11.6 Å². The van der Waals surface area contributed by atoms with Crippen LogP contribution in [0.25, 0.3) is 10.9 Å². The number of carbonyl (C=O) groups is 1. The molecule has 0 atom stereocenters. The van der Waals surface area contributed by atoms with E-state index < -0.39 is 0 Å². The van der Waals surface area contributed by atoms with Crippen LogP contribution in [0.2, 0.25) is 5.02 Å². The number of pyridine rings is 1. The minimum Gasteiger partial charge on any atom is -0.361 e. The quantitative estimate of drug-likeness (QED) is 0.786. The number of anilines is 1. The summed E-state index contributed by atoms with van der Waals surface area (Å²) in [6, 6.07) is 11.6. The van der Waals surface area contributed by atoms with Gasteiger partial charge in [-0.25, -0.2) is 4.98 Å². The van der Waals surface area contributed by atoms with Gasteiger partial charge >= 0.3 is 0 Å². The molecule has 25 heavy (non-hydrogen) atoms. The maximum Gasteiger partial charge on any atom is 0.227 e. The molecule has 1 aliphatic rings. The van der Waals surface area contributed by atoms with Crippen LogP contribution in [0.4, 0.5) is 5.82 Å². The van der Waals surface area contributed by atoms with Crippen molar-refractivity contribution in [3.63, 3.8) is 0 Å². The van der Waals surface area contributed by atoms with Crippen molar-refractivity contribution in [2.75, 3.05) is 31.1 Å². The highest BCUT2D eigenvalue weighted by molar-refractivity contribution is 6.31. The number of nitrogens with one attached hydrogen (secondary N) is 1. The van der Waals surface area contributed by atoms with Crippen LogP contribution in [0, 0.1) is 0 Å². The maximum atomic E-state index is 12.7. The first-order chi connectivity index (χ1) is 12.2. The second-order valence-electron chi connectivity index (χ2n) is 6.24. The highest BCUT2D eigenvalue weighted by atomic mass is 35.5. The largest absolute Gasteiger partial charge is 0.361 e. The predicted octanol–water partition coefficient (Wildman–Crippen LogP) is 3.11. The monoisotopic (exact) mass is 354 g/mol. The van der Waals surface area contributed by atoms with Gasteiger partial charge in [0.05, 0.1) is 6.42 Å². The fourth-order valence-electron chi connectivity index (χ4n) is 3.31. The Morgan fingerprint density at radius 2 is 2.00 bits per heavy atom. The Bertz CT molecular complexity index is 885. The Balaban J connectivity index is 1.40. The first kappa shape index (κ1) is 16.0. The Hall–Kier alpha value is -2.53. The third kappa shape index (κ3) is 3.33. The van der Waals surface area contributed by atoms with E-state index in [1.165, 1.54) is 0 Å². The lowest BCUT2D eigenvalue weighted by Gasteiger charge is -2.35. The molecular formula is C19H19ClN4O. The molecule has 4 rings (SSSR count). The summed E-state index contributed by atoms with van der Waals surface area (Å²) in [5, 5.41) is 1.75. The summed E-state index contributed by atoms with van der Waals surface area (Å²) in [6.07, 6.45) is 4.12.